The SMILES string of the molecule is COc1c(C)cc(O)c(-c2nc(N)nc(N)c2C#N)c1C. The van der Waals surface area contributed by atoms with Crippen LogP contribution >= 0.6 is 0 Å². The molecule has 21 heavy (non-hydrogen) atoms. The minimum absolute atomic E-state index is 0.0280. The lowest BCUT2D eigenvalue weighted by Crippen LogP contribution is -2.06. The highest BCUT2D eigenvalue weighted by Gasteiger charge is 2.21. The van der Waals surface area contributed by atoms with Crippen molar-refractivity contribution in [2.24, 2.45) is 0 Å². The molecule has 1 aromatic carbocycles. The van der Waals surface area contributed by atoms with Crippen molar-refractivity contribution in [3.8, 4) is 28.8 Å². The lowest BCUT2D eigenvalue weighted by atomic mass is 9.97. The number of nitriles is 1. The van der Waals surface area contributed by atoms with Gasteiger partial charge in [-0.2, -0.15) is 10.2 Å². The Balaban J connectivity index is 2.89. The molecule has 0 aliphatic carbocycles. The molecule has 0 bridgehead atoms. The number of methoxy groups -OCH3 is 1. The predicted molar refractivity (Wildman–Crippen MR) is 78.7 cm³/mol. The van der Waals surface area contributed by atoms with Gasteiger partial charge in [0.15, 0.2) is 0 Å². The number of nitrogens with two attached hydrogens (primary N) is 2. The van der Waals surface area contributed by atoms with E-state index in [1.807, 2.05) is 13.0 Å². The molecule has 0 radical (unpaired) electrons. The maximum absolute atomic E-state index is 10.2. The Labute approximate surface area is 121 Å². The van der Waals surface area contributed by atoms with E-state index in [9.17, 15) is 10.4 Å². The zero-order chi connectivity index (χ0) is 15.7. The minimum Gasteiger partial charge on any atom is -0.507 e. The fourth-order valence-electron chi connectivity index (χ4n) is 2.34. The molecular formula is C14H15N5O2. The molecule has 5 N–H and O–H groups in total. The van der Waals surface area contributed by atoms with Gasteiger partial charge < -0.3 is 21.3 Å². The summed E-state index contributed by atoms with van der Waals surface area (Å²) in [5.41, 5.74) is 13.3. The largest absolute Gasteiger partial charge is 0.507 e. The quantitative estimate of drug-likeness (QED) is 0.762. The van der Waals surface area contributed by atoms with Crippen molar-refractivity contribution in [2.45, 2.75) is 13.8 Å². The van der Waals surface area contributed by atoms with E-state index in [0.29, 0.717) is 16.9 Å². The summed E-state index contributed by atoms with van der Waals surface area (Å²) in [7, 11) is 1.53. The summed E-state index contributed by atoms with van der Waals surface area (Å²) in [5, 5.41) is 19.5. The highest BCUT2D eigenvalue weighted by atomic mass is 16.5. The minimum atomic E-state index is -0.0696. The monoisotopic (exact) mass is 285 g/mol. The molecule has 1 heterocycles. The van der Waals surface area contributed by atoms with E-state index < -0.39 is 0 Å². The zero-order valence-electron chi connectivity index (χ0n) is 11.9. The van der Waals surface area contributed by atoms with Crippen molar-refractivity contribution in [3.63, 3.8) is 0 Å². The Morgan fingerprint density at radius 1 is 1.29 bits per heavy atom. The molecule has 0 saturated carbocycles. The first kappa shape index (κ1) is 14.4. The number of aromatic hydroxyl groups is 1. The average Bonchev–Trinajstić information content (AvgIpc) is 2.38. The molecule has 0 fully saturated rings. The Morgan fingerprint density at radius 2 is 1.95 bits per heavy atom. The molecular weight excluding hydrogens is 270 g/mol. The highest BCUT2D eigenvalue weighted by Crippen LogP contribution is 2.40. The molecule has 1 aromatic heterocycles. The van der Waals surface area contributed by atoms with Crippen LogP contribution in [0.5, 0.6) is 11.5 Å². The van der Waals surface area contributed by atoms with Gasteiger partial charge in [0, 0.05) is 5.56 Å². The summed E-state index contributed by atoms with van der Waals surface area (Å²) >= 11 is 0. The molecule has 0 amide bonds. The van der Waals surface area contributed by atoms with Crippen LogP contribution in [0.15, 0.2) is 6.07 Å². The number of aromatic nitrogens is 2. The van der Waals surface area contributed by atoms with Crippen molar-refractivity contribution in [1.82, 2.24) is 9.97 Å². The molecule has 0 unspecified atom stereocenters. The number of ether oxygens (including phenoxy) is 1. The number of phenols is 1. The van der Waals surface area contributed by atoms with Crippen molar-refractivity contribution in [2.75, 3.05) is 18.6 Å². The maximum Gasteiger partial charge on any atom is 0.222 e. The smallest absolute Gasteiger partial charge is 0.222 e. The van der Waals surface area contributed by atoms with E-state index in [1.165, 1.54) is 13.2 Å². The standard InChI is InChI=1S/C14H15N5O2/c1-6-4-9(20)10(7(2)12(6)21-3)11-8(5-15)13(16)19-14(17)18-11/h4,20H,1-3H3,(H4,16,17,18,19). The summed E-state index contributed by atoms with van der Waals surface area (Å²) < 4.78 is 5.33. The maximum atomic E-state index is 10.2. The molecule has 0 saturated heterocycles. The molecule has 0 spiro atoms. The van der Waals surface area contributed by atoms with Gasteiger partial charge in [-0.3, -0.25) is 0 Å². The fraction of sp³-hybridized carbons (Fsp3) is 0.214. The summed E-state index contributed by atoms with van der Waals surface area (Å²) in [5.74, 6) is 0.473. The third-order valence-corrected chi connectivity index (χ3v) is 3.19. The van der Waals surface area contributed by atoms with E-state index in [4.69, 9.17) is 16.2 Å². The summed E-state index contributed by atoms with van der Waals surface area (Å²) in [6, 6.07) is 3.48. The first-order valence-corrected chi connectivity index (χ1v) is 6.11. The number of nitrogens with zero attached hydrogens (tertiary/aromatic N) is 3. The highest BCUT2D eigenvalue weighted by molar-refractivity contribution is 5.81. The van der Waals surface area contributed by atoms with Crippen LogP contribution in [0, 0.1) is 25.2 Å². The lowest BCUT2D eigenvalue weighted by Gasteiger charge is -2.16. The molecule has 7 heteroatoms. The third-order valence-electron chi connectivity index (χ3n) is 3.19. The number of benzene rings is 1. The van der Waals surface area contributed by atoms with Gasteiger partial charge in [-0.05, 0) is 25.5 Å². The first-order chi connectivity index (χ1) is 9.90. The van der Waals surface area contributed by atoms with E-state index in [0.717, 1.165) is 5.56 Å². The second-order valence-corrected chi connectivity index (χ2v) is 4.55. The fourth-order valence-corrected chi connectivity index (χ4v) is 2.34. The Kier molecular flexibility index (Phi) is 3.54. The number of nitrogen functional groups attached to an aromatic ring is 2. The number of aryl methyl sites for hydroxylation is 1. The van der Waals surface area contributed by atoms with Crippen molar-refractivity contribution < 1.29 is 9.84 Å². The van der Waals surface area contributed by atoms with Gasteiger partial charge in [-0.25, -0.2) is 4.98 Å². The Bertz CT molecular complexity index is 765. The number of anilines is 2. The van der Waals surface area contributed by atoms with E-state index in [-0.39, 0.29) is 28.8 Å². The van der Waals surface area contributed by atoms with Crippen LogP contribution in [-0.2, 0) is 0 Å². The van der Waals surface area contributed by atoms with Crippen LogP contribution in [0.4, 0.5) is 11.8 Å². The Hall–Kier alpha value is -3.01. The van der Waals surface area contributed by atoms with Gasteiger partial charge >= 0.3 is 0 Å². The van der Waals surface area contributed by atoms with Gasteiger partial charge in [0.2, 0.25) is 5.95 Å². The number of hydrogen-bond acceptors (Lipinski definition) is 7. The van der Waals surface area contributed by atoms with Crippen LogP contribution in [0.25, 0.3) is 11.3 Å². The van der Waals surface area contributed by atoms with Crippen LogP contribution in [0.1, 0.15) is 16.7 Å². The Morgan fingerprint density at radius 3 is 2.52 bits per heavy atom. The normalized spacial score (nSPS) is 10.2. The molecule has 7 nitrogen and oxygen atoms in total. The molecule has 0 aliphatic heterocycles. The first-order valence-electron chi connectivity index (χ1n) is 6.11. The number of rotatable bonds is 2. The van der Waals surface area contributed by atoms with Gasteiger partial charge in [0.05, 0.1) is 18.4 Å². The van der Waals surface area contributed by atoms with Crippen molar-refractivity contribution in [3.05, 3.63) is 22.8 Å². The van der Waals surface area contributed by atoms with Crippen molar-refractivity contribution in [1.29, 1.82) is 5.26 Å². The van der Waals surface area contributed by atoms with Gasteiger partial charge in [0.1, 0.15) is 28.9 Å². The molecule has 0 aliphatic rings. The van der Waals surface area contributed by atoms with Crippen molar-refractivity contribution >= 4 is 11.8 Å². The molecule has 0 atom stereocenters. The summed E-state index contributed by atoms with van der Waals surface area (Å²) in [6.07, 6.45) is 0. The summed E-state index contributed by atoms with van der Waals surface area (Å²) in [6.45, 7) is 3.57. The zero-order valence-corrected chi connectivity index (χ0v) is 11.9. The third kappa shape index (κ3) is 2.27. The van der Waals surface area contributed by atoms with E-state index in [2.05, 4.69) is 9.97 Å². The molecule has 108 valence electrons. The number of phenolic OH excluding ortho intramolecular Hbond substituents is 1. The van der Waals surface area contributed by atoms with Crippen LogP contribution in [0.2, 0.25) is 0 Å². The average molecular weight is 285 g/mol. The predicted octanol–water partition coefficient (Wildman–Crippen LogP) is 1.51. The van der Waals surface area contributed by atoms with Gasteiger partial charge in [-0.1, -0.05) is 0 Å². The topological polar surface area (TPSA) is 131 Å². The van der Waals surface area contributed by atoms with Gasteiger partial charge in [-0.15, -0.1) is 0 Å². The number of hydrogen-bond donors (Lipinski definition) is 3. The van der Waals surface area contributed by atoms with E-state index in [1.54, 1.807) is 6.92 Å². The summed E-state index contributed by atoms with van der Waals surface area (Å²) in [4.78, 5) is 7.81. The van der Waals surface area contributed by atoms with Crippen LogP contribution in [-0.4, -0.2) is 22.2 Å². The molecule has 2 aromatic rings. The van der Waals surface area contributed by atoms with Gasteiger partial charge in [0.25, 0.3) is 0 Å². The molecule has 2 rings (SSSR count). The van der Waals surface area contributed by atoms with Crippen LogP contribution < -0.4 is 16.2 Å². The van der Waals surface area contributed by atoms with Crippen LogP contribution in [0.3, 0.4) is 0 Å². The second kappa shape index (κ2) is 5.17. The van der Waals surface area contributed by atoms with E-state index >= 15 is 0 Å². The lowest BCUT2D eigenvalue weighted by molar-refractivity contribution is 0.406. The second-order valence-electron chi connectivity index (χ2n) is 4.55.